The monoisotopic (exact) mass is 288 g/mol. The molecule has 104 valence electrons. The topological polar surface area (TPSA) is 55.1 Å². The van der Waals surface area contributed by atoms with Crippen LogP contribution in [0.4, 0.5) is 5.69 Å². The van der Waals surface area contributed by atoms with Gasteiger partial charge in [0, 0.05) is 12.1 Å². The van der Waals surface area contributed by atoms with Crippen LogP contribution in [-0.4, -0.2) is 5.91 Å². The summed E-state index contributed by atoms with van der Waals surface area (Å²) in [4.78, 5) is 11.2. The molecule has 2 aromatic rings. The van der Waals surface area contributed by atoms with Crippen LogP contribution in [0.5, 0.6) is 0 Å². The molecule has 0 radical (unpaired) electrons. The van der Waals surface area contributed by atoms with Crippen molar-refractivity contribution < 1.29 is 4.79 Å². The van der Waals surface area contributed by atoms with E-state index in [4.69, 9.17) is 17.3 Å². The molecule has 0 saturated heterocycles. The van der Waals surface area contributed by atoms with Gasteiger partial charge in [-0.25, -0.2) is 0 Å². The number of halogens is 1. The summed E-state index contributed by atoms with van der Waals surface area (Å²) in [6.45, 7) is 4.81. The van der Waals surface area contributed by atoms with E-state index in [0.29, 0.717) is 22.8 Å². The first-order valence-corrected chi connectivity index (χ1v) is 6.74. The molecule has 0 atom stereocenters. The number of primary amides is 1. The highest BCUT2D eigenvalue weighted by molar-refractivity contribution is 6.33. The van der Waals surface area contributed by atoms with Crippen LogP contribution in [0.25, 0.3) is 0 Å². The van der Waals surface area contributed by atoms with Gasteiger partial charge < -0.3 is 11.1 Å². The molecule has 0 aliphatic carbocycles. The lowest BCUT2D eigenvalue weighted by Crippen LogP contribution is -2.11. The molecule has 0 fully saturated rings. The predicted octanol–water partition coefficient (Wildman–Crippen LogP) is 3.67. The molecular formula is C16H17ClN2O. The third kappa shape index (κ3) is 3.31. The van der Waals surface area contributed by atoms with Gasteiger partial charge in [-0.1, -0.05) is 29.8 Å². The van der Waals surface area contributed by atoms with Gasteiger partial charge in [-0.05, 0) is 48.7 Å². The Kier molecular flexibility index (Phi) is 4.30. The van der Waals surface area contributed by atoms with Gasteiger partial charge in [0.05, 0.1) is 10.7 Å². The van der Waals surface area contributed by atoms with Crippen LogP contribution in [-0.2, 0) is 6.54 Å². The van der Waals surface area contributed by atoms with Gasteiger partial charge in [-0.3, -0.25) is 4.79 Å². The molecule has 0 aromatic heterocycles. The minimum absolute atomic E-state index is 0.442. The van der Waals surface area contributed by atoms with Gasteiger partial charge in [0.25, 0.3) is 0 Å². The molecule has 2 rings (SSSR count). The largest absolute Gasteiger partial charge is 0.380 e. The smallest absolute Gasteiger partial charge is 0.248 e. The van der Waals surface area contributed by atoms with Gasteiger partial charge >= 0.3 is 0 Å². The second-order valence-electron chi connectivity index (χ2n) is 4.83. The Morgan fingerprint density at radius 3 is 2.55 bits per heavy atom. The quantitative estimate of drug-likeness (QED) is 0.902. The van der Waals surface area contributed by atoms with Crippen LogP contribution in [0.1, 0.15) is 27.0 Å². The van der Waals surface area contributed by atoms with Crippen LogP contribution in [0.2, 0.25) is 5.02 Å². The molecule has 0 unspecified atom stereocenters. The first kappa shape index (κ1) is 14.4. The van der Waals surface area contributed by atoms with Crippen LogP contribution in [0.15, 0.2) is 36.4 Å². The number of nitrogens with two attached hydrogens (primary N) is 1. The zero-order valence-electron chi connectivity index (χ0n) is 11.5. The third-order valence-electron chi connectivity index (χ3n) is 3.31. The summed E-state index contributed by atoms with van der Waals surface area (Å²) < 4.78 is 0. The van der Waals surface area contributed by atoms with Crippen LogP contribution >= 0.6 is 11.6 Å². The van der Waals surface area contributed by atoms with E-state index in [1.807, 2.05) is 0 Å². The third-order valence-corrected chi connectivity index (χ3v) is 3.63. The number of hydrogen-bond acceptors (Lipinski definition) is 2. The van der Waals surface area contributed by atoms with Crippen molar-refractivity contribution in [2.75, 3.05) is 5.32 Å². The lowest BCUT2D eigenvalue weighted by molar-refractivity contribution is 0.100. The fourth-order valence-electron chi connectivity index (χ4n) is 1.92. The Morgan fingerprint density at radius 2 is 1.90 bits per heavy atom. The lowest BCUT2D eigenvalue weighted by Gasteiger charge is -2.11. The number of hydrogen-bond donors (Lipinski definition) is 2. The number of amides is 1. The molecule has 3 N–H and O–H groups in total. The van der Waals surface area contributed by atoms with Gasteiger partial charge in [-0.15, -0.1) is 0 Å². The van der Waals surface area contributed by atoms with E-state index in [1.54, 1.807) is 18.2 Å². The van der Waals surface area contributed by atoms with Crippen molar-refractivity contribution in [1.29, 1.82) is 0 Å². The van der Waals surface area contributed by atoms with Crippen LogP contribution in [0, 0.1) is 13.8 Å². The van der Waals surface area contributed by atoms with E-state index in [2.05, 4.69) is 37.4 Å². The minimum atomic E-state index is -0.462. The summed E-state index contributed by atoms with van der Waals surface area (Å²) in [5.74, 6) is -0.462. The summed E-state index contributed by atoms with van der Waals surface area (Å²) in [6.07, 6.45) is 0. The molecular weight excluding hydrogens is 272 g/mol. The predicted molar refractivity (Wildman–Crippen MR) is 83.2 cm³/mol. The standard InChI is InChI=1S/C16H17ClN2O/c1-10-3-4-12(7-11(10)2)9-19-15-8-13(16(18)20)5-6-14(15)17/h3-8,19H,9H2,1-2H3,(H2,18,20). The van der Waals surface area contributed by atoms with E-state index >= 15 is 0 Å². The summed E-state index contributed by atoms with van der Waals surface area (Å²) in [5.41, 5.74) is 10.1. The summed E-state index contributed by atoms with van der Waals surface area (Å²) in [5, 5.41) is 3.80. The second kappa shape index (κ2) is 5.97. The zero-order chi connectivity index (χ0) is 14.7. The number of aryl methyl sites for hydroxylation is 2. The molecule has 0 saturated carbocycles. The molecule has 1 amide bonds. The van der Waals surface area contributed by atoms with Crippen LogP contribution < -0.4 is 11.1 Å². The number of carbonyl (C=O) groups excluding carboxylic acids is 1. The van der Waals surface area contributed by atoms with E-state index in [9.17, 15) is 4.79 Å². The Bertz CT molecular complexity index is 653. The van der Waals surface area contributed by atoms with Gasteiger partial charge in [0.2, 0.25) is 5.91 Å². The van der Waals surface area contributed by atoms with Gasteiger partial charge in [0.1, 0.15) is 0 Å². The van der Waals surface area contributed by atoms with Gasteiger partial charge in [0.15, 0.2) is 0 Å². The zero-order valence-corrected chi connectivity index (χ0v) is 12.3. The lowest BCUT2D eigenvalue weighted by atomic mass is 10.1. The fraction of sp³-hybridized carbons (Fsp3) is 0.188. The van der Waals surface area contributed by atoms with Crippen molar-refractivity contribution in [1.82, 2.24) is 0 Å². The molecule has 4 heteroatoms. The number of carbonyl (C=O) groups is 1. The maximum Gasteiger partial charge on any atom is 0.248 e. The molecule has 0 spiro atoms. The second-order valence-corrected chi connectivity index (χ2v) is 5.24. The van der Waals surface area contributed by atoms with Crippen molar-refractivity contribution in [3.05, 3.63) is 63.7 Å². The molecule has 0 aliphatic rings. The van der Waals surface area contributed by atoms with Crippen LogP contribution in [0.3, 0.4) is 0 Å². The molecule has 3 nitrogen and oxygen atoms in total. The van der Waals surface area contributed by atoms with E-state index in [-0.39, 0.29) is 0 Å². The first-order valence-electron chi connectivity index (χ1n) is 6.36. The fourth-order valence-corrected chi connectivity index (χ4v) is 2.11. The first-order chi connectivity index (χ1) is 9.47. The molecule has 0 aliphatic heterocycles. The van der Waals surface area contributed by atoms with E-state index in [1.165, 1.54) is 11.1 Å². The number of anilines is 1. The maximum absolute atomic E-state index is 11.2. The van der Waals surface area contributed by atoms with Gasteiger partial charge in [-0.2, -0.15) is 0 Å². The van der Waals surface area contributed by atoms with Crippen molar-refractivity contribution in [2.24, 2.45) is 5.73 Å². The van der Waals surface area contributed by atoms with Crippen molar-refractivity contribution in [3.8, 4) is 0 Å². The summed E-state index contributed by atoms with van der Waals surface area (Å²) >= 11 is 6.11. The van der Waals surface area contributed by atoms with Crippen molar-refractivity contribution >= 4 is 23.2 Å². The molecule has 0 heterocycles. The highest BCUT2D eigenvalue weighted by Crippen LogP contribution is 2.23. The maximum atomic E-state index is 11.2. The normalized spacial score (nSPS) is 10.3. The molecule has 2 aromatic carbocycles. The molecule has 20 heavy (non-hydrogen) atoms. The summed E-state index contributed by atoms with van der Waals surface area (Å²) in [6, 6.07) is 11.3. The number of nitrogens with one attached hydrogen (secondary N) is 1. The number of benzene rings is 2. The van der Waals surface area contributed by atoms with Crippen molar-refractivity contribution in [2.45, 2.75) is 20.4 Å². The Labute approximate surface area is 123 Å². The van der Waals surface area contributed by atoms with Crippen molar-refractivity contribution in [3.63, 3.8) is 0 Å². The Hall–Kier alpha value is -2.00. The molecule has 0 bridgehead atoms. The highest BCUT2D eigenvalue weighted by Gasteiger charge is 2.06. The van der Waals surface area contributed by atoms with E-state index in [0.717, 1.165) is 5.56 Å². The minimum Gasteiger partial charge on any atom is -0.380 e. The average molecular weight is 289 g/mol. The number of rotatable bonds is 4. The Balaban J connectivity index is 2.15. The van der Waals surface area contributed by atoms with E-state index < -0.39 is 5.91 Å². The SMILES string of the molecule is Cc1ccc(CNc2cc(C(N)=O)ccc2Cl)cc1C. The Morgan fingerprint density at radius 1 is 1.15 bits per heavy atom. The highest BCUT2D eigenvalue weighted by atomic mass is 35.5. The summed E-state index contributed by atoms with van der Waals surface area (Å²) in [7, 11) is 0. The average Bonchev–Trinajstić information content (AvgIpc) is 2.41.